The lowest BCUT2D eigenvalue weighted by molar-refractivity contribution is -0.143. The third-order valence-corrected chi connectivity index (χ3v) is 2.99. The number of carboxylic acids is 1. The number of rotatable bonds is 7. The van der Waals surface area contributed by atoms with E-state index in [4.69, 9.17) is 9.84 Å². The van der Waals surface area contributed by atoms with Crippen molar-refractivity contribution in [3.63, 3.8) is 0 Å². The van der Waals surface area contributed by atoms with E-state index in [0.29, 0.717) is 13.1 Å². The fraction of sp³-hybridized carbons (Fsp3) is 0.500. The first-order valence-corrected chi connectivity index (χ1v) is 6.11. The first-order valence-electron chi connectivity index (χ1n) is 6.11. The maximum absolute atomic E-state index is 11.0. The normalized spacial score (nSPS) is 12.4. The molecule has 1 unspecified atom stereocenters. The second kappa shape index (κ2) is 7.01. The molecule has 100 valence electrons. The van der Waals surface area contributed by atoms with Crippen LogP contribution in [-0.4, -0.2) is 24.7 Å². The van der Waals surface area contributed by atoms with Crippen LogP contribution in [-0.2, 0) is 11.3 Å². The van der Waals surface area contributed by atoms with Gasteiger partial charge in [0.1, 0.15) is 5.75 Å². The molecular weight excluding hydrogens is 230 g/mol. The molecule has 1 aromatic carbocycles. The minimum absolute atomic E-state index is 0.118. The van der Waals surface area contributed by atoms with Gasteiger partial charge >= 0.3 is 5.97 Å². The van der Waals surface area contributed by atoms with Crippen molar-refractivity contribution in [3.05, 3.63) is 29.8 Å². The van der Waals surface area contributed by atoms with Crippen LogP contribution < -0.4 is 10.1 Å². The number of hydrogen-bond acceptors (Lipinski definition) is 3. The molecule has 0 aromatic heterocycles. The molecule has 0 aliphatic heterocycles. The van der Waals surface area contributed by atoms with Crippen LogP contribution in [0.2, 0.25) is 0 Å². The Kier molecular flexibility index (Phi) is 5.65. The lowest BCUT2D eigenvalue weighted by Crippen LogP contribution is -2.31. The highest BCUT2D eigenvalue weighted by Gasteiger charge is 2.20. The average molecular weight is 251 g/mol. The summed E-state index contributed by atoms with van der Waals surface area (Å²) in [5.41, 5.74) is 1.04. The Morgan fingerprint density at radius 1 is 1.39 bits per heavy atom. The first kappa shape index (κ1) is 14.5. The summed E-state index contributed by atoms with van der Waals surface area (Å²) in [4.78, 5) is 11.0. The molecule has 2 N–H and O–H groups in total. The van der Waals surface area contributed by atoms with Gasteiger partial charge in [0.2, 0.25) is 0 Å². The van der Waals surface area contributed by atoms with Crippen molar-refractivity contribution in [1.29, 1.82) is 0 Å². The second-order valence-corrected chi connectivity index (χ2v) is 4.63. The zero-order chi connectivity index (χ0) is 13.5. The molecular formula is C14H21NO3. The molecule has 0 radical (unpaired) electrons. The van der Waals surface area contributed by atoms with E-state index in [1.54, 1.807) is 7.11 Å². The van der Waals surface area contributed by atoms with E-state index in [1.807, 2.05) is 38.1 Å². The summed E-state index contributed by atoms with van der Waals surface area (Å²) in [5.74, 6) is -0.175. The highest BCUT2D eigenvalue weighted by atomic mass is 16.5. The molecule has 0 amide bonds. The van der Waals surface area contributed by atoms with Gasteiger partial charge in [0.15, 0.2) is 0 Å². The zero-order valence-electron chi connectivity index (χ0n) is 11.1. The van der Waals surface area contributed by atoms with Crippen molar-refractivity contribution in [2.24, 2.45) is 11.8 Å². The van der Waals surface area contributed by atoms with Crippen molar-refractivity contribution in [2.75, 3.05) is 13.7 Å². The highest BCUT2D eigenvalue weighted by Crippen LogP contribution is 2.17. The number of ether oxygens (including phenoxy) is 1. The molecule has 0 bridgehead atoms. The topological polar surface area (TPSA) is 58.6 Å². The van der Waals surface area contributed by atoms with Crippen molar-refractivity contribution in [1.82, 2.24) is 5.32 Å². The van der Waals surface area contributed by atoms with Gasteiger partial charge in [-0.05, 0) is 12.0 Å². The molecule has 4 nitrogen and oxygen atoms in total. The summed E-state index contributed by atoms with van der Waals surface area (Å²) in [6.45, 7) is 4.92. The van der Waals surface area contributed by atoms with Crippen molar-refractivity contribution in [2.45, 2.75) is 20.4 Å². The quantitative estimate of drug-likeness (QED) is 0.779. The maximum atomic E-state index is 11.0. The Bertz CT molecular complexity index is 390. The van der Waals surface area contributed by atoms with Crippen LogP contribution in [0.4, 0.5) is 0 Å². The van der Waals surface area contributed by atoms with Gasteiger partial charge < -0.3 is 15.2 Å². The minimum Gasteiger partial charge on any atom is -0.496 e. The maximum Gasteiger partial charge on any atom is 0.308 e. The Balaban J connectivity index is 2.52. The molecule has 0 fully saturated rings. The Labute approximate surface area is 108 Å². The number of benzene rings is 1. The van der Waals surface area contributed by atoms with E-state index in [9.17, 15) is 4.79 Å². The predicted molar refractivity (Wildman–Crippen MR) is 70.7 cm³/mol. The van der Waals surface area contributed by atoms with Gasteiger partial charge in [0.25, 0.3) is 0 Å². The summed E-state index contributed by atoms with van der Waals surface area (Å²) < 4.78 is 5.24. The lowest BCUT2D eigenvalue weighted by Gasteiger charge is -2.17. The number of carbonyl (C=O) groups is 1. The molecule has 1 aromatic rings. The summed E-state index contributed by atoms with van der Waals surface area (Å²) in [6, 6.07) is 7.72. The third-order valence-electron chi connectivity index (χ3n) is 2.99. The fourth-order valence-corrected chi connectivity index (χ4v) is 1.82. The summed E-state index contributed by atoms with van der Waals surface area (Å²) >= 11 is 0. The standard InChI is InChI=1S/C14H21NO3/c1-10(2)12(14(16)17)9-15-8-11-6-4-5-7-13(11)18-3/h4-7,10,12,15H,8-9H2,1-3H3,(H,16,17). The minimum atomic E-state index is -0.752. The Morgan fingerprint density at radius 3 is 2.61 bits per heavy atom. The Morgan fingerprint density at radius 2 is 2.06 bits per heavy atom. The number of nitrogens with one attached hydrogen (secondary N) is 1. The average Bonchev–Trinajstić information content (AvgIpc) is 2.34. The molecule has 0 saturated heterocycles. The van der Waals surface area contributed by atoms with Crippen LogP contribution in [0.25, 0.3) is 0 Å². The predicted octanol–water partition coefficient (Wildman–Crippen LogP) is 2.14. The van der Waals surface area contributed by atoms with E-state index in [1.165, 1.54) is 0 Å². The van der Waals surface area contributed by atoms with Gasteiger partial charge in [0.05, 0.1) is 13.0 Å². The number of para-hydroxylation sites is 1. The molecule has 0 spiro atoms. The molecule has 1 atom stereocenters. The largest absolute Gasteiger partial charge is 0.496 e. The van der Waals surface area contributed by atoms with Gasteiger partial charge in [-0.15, -0.1) is 0 Å². The van der Waals surface area contributed by atoms with Gasteiger partial charge in [-0.25, -0.2) is 0 Å². The van der Waals surface area contributed by atoms with E-state index in [0.717, 1.165) is 11.3 Å². The van der Waals surface area contributed by atoms with Crippen LogP contribution in [0, 0.1) is 11.8 Å². The van der Waals surface area contributed by atoms with Crippen LogP contribution >= 0.6 is 0 Å². The van der Waals surface area contributed by atoms with Gasteiger partial charge in [-0.3, -0.25) is 4.79 Å². The highest BCUT2D eigenvalue weighted by molar-refractivity contribution is 5.70. The summed E-state index contributed by atoms with van der Waals surface area (Å²) in [6.07, 6.45) is 0. The van der Waals surface area contributed by atoms with Gasteiger partial charge in [0, 0.05) is 18.7 Å². The molecule has 0 aliphatic carbocycles. The molecule has 1 rings (SSSR count). The number of aliphatic carboxylic acids is 1. The van der Waals surface area contributed by atoms with Crippen molar-refractivity contribution < 1.29 is 14.6 Å². The smallest absolute Gasteiger partial charge is 0.308 e. The zero-order valence-corrected chi connectivity index (χ0v) is 11.1. The van der Waals surface area contributed by atoms with Crippen LogP contribution in [0.5, 0.6) is 5.75 Å². The SMILES string of the molecule is COc1ccccc1CNCC(C(=O)O)C(C)C. The van der Waals surface area contributed by atoms with Crippen molar-refractivity contribution in [3.8, 4) is 5.75 Å². The molecule has 18 heavy (non-hydrogen) atoms. The molecule has 0 heterocycles. The van der Waals surface area contributed by atoms with E-state index in [-0.39, 0.29) is 11.8 Å². The number of methoxy groups -OCH3 is 1. The van der Waals surface area contributed by atoms with Gasteiger partial charge in [-0.1, -0.05) is 32.0 Å². The molecule has 0 saturated carbocycles. The van der Waals surface area contributed by atoms with Gasteiger partial charge in [-0.2, -0.15) is 0 Å². The summed E-state index contributed by atoms with van der Waals surface area (Å²) in [5, 5.41) is 12.3. The summed E-state index contributed by atoms with van der Waals surface area (Å²) in [7, 11) is 1.63. The van der Waals surface area contributed by atoms with E-state index >= 15 is 0 Å². The number of carboxylic acid groups (broad SMARTS) is 1. The molecule has 4 heteroatoms. The first-order chi connectivity index (χ1) is 8.56. The second-order valence-electron chi connectivity index (χ2n) is 4.63. The van der Waals surface area contributed by atoms with Crippen LogP contribution in [0.1, 0.15) is 19.4 Å². The monoisotopic (exact) mass is 251 g/mol. The fourth-order valence-electron chi connectivity index (χ4n) is 1.82. The van der Waals surface area contributed by atoms with Crippen LogP contribution in [0.3, 0.4) is 0 Å². The van der Waals surface area contributed by atoms with E-state index in [2.05, 4.69) is 5.32 Å². The number of hydrogen-bond donors (Lipinski definition) is 2. The lowest BCUT2D eigenvalue weighted by atomic mass is 9.96. The third kappa shape index (κ3) is 4.04. The van der Waals surface area contributed by atoms with Crippen LogP contribution in [0.15, 0.2) is 24.3 Å². The van der Waals surface area contributed by atoms with Crippen molar-refractivity contribution >= 4 is 5.97 Å². The van der Waals surface area contributed by atoms with E-state index < -0.39 is 5.97 Å². The molecule has 0 aliphatic rings. The Hall–Kier alpha value is -1.55.